The Labute approximate surface area is 170 Å². The molecule has 8 heteroatoms. The van der Waals surface area contributed by atoms with Crippen LogP contribution in [0.5, 0.6) is 0 Å². The number of piperidine rings is 1. The summed E-state index contributed by atoms with van der Waals surface area (Å²) in [6, 6.07) is 10.7. The van der Waals surface area contributed by atoms with Gasteiger partial charge in [0.25, 0.3) is 0 Å². The lowest BCUT2D eigenvalue weighted by Crippen LogP contribution is -2.45. The number of aromatic nitrogens is 1. The highest BCUT2D eigenvalue weighted by Crippen LogP contribution is 2.27. The van der Waals surface area contributed by atoms with Gasteiger partial charge in [0.15, 0.2) is 0 Å². The van der Waals surface area contributed by atoms with Crippen molar-refractivity contribution in [2.75, 3.05) is 13.1 Å². The quantitative estimate of drug-likeness (QED) is 0.671. The van der Waals surface area contributed by atoms with E-state index in [1.807, 2.05) is 18.3 Å². The standard InChI is InChI=1S/C21H25N3O4S/c1-2-23-11-9-16-13-19(7-8-20(16)23)29(26,27)24-10-3-5-17(15-24)21(25)22-14-18-6-4-12-28-18/h4,6-9,11-13,17H,2-3,5,10,14-15H2,1H3,(H,22,25)/t17-/m0/s1. The molecule has 7 nitrogen and oxygen atoms in total. The molecule has 1 fully saturated rings. The number of furan rings is 1. The average molecular weight is 416 g/mol. The number of sulfonamides is 1. The van der Waals surface area contributed by atoms with Gasteiger partial charge in [0.1, 0.15) is 5.76 Å². The Morgan fingerprint density at radius 2 is 2.14 bits per heavy atom. The van der Waals surface area contributed by atoms with Crippen LogP contribution in [0.2, 0.25) is 0 Å². The summed E-state index contributed by atoms with van der Waals surface area (Å²) >= 11 is 0. The number of benzene rings is 1. The number of fused-ring (bicyclic) bond motifs is 1. The monoisotopic (exact) mass is 415 g/mol. The molecule has 1 aliphatic rings. The Morgan fingerprint density at radius 3 is 2.90 bits per heavy atom. The van der Waals surface area contributed by atoms with Crippen molar-refractivity contribution in [3.8, 4) is 0 Å². The van der Waals surface area contributed by atoms with Crippen LogP contribution in [0.3, 0.4) is 0 Å². The third-order valence-corrected chi connectivity index (χ3v) is 7.35. The Morgan fingerprint density at radius 1 is 1.28 bits per heavy atom. The van der Waals surface area contributed by atoms with Crippen LogP contribution in [-0.4, -0.2) is 36.3 Å². The SMILES string of the molecule is CCn1ccc2cc(S(=O)(=O)N3CCC[C@H](C(=O)NCc4ccco4)C3)ccc21. The molecule has 0 radical (unpaired) electrons. The van der Waals surface area contributed by atoms with Crippen molar-refractivity contribution in [1.82, 2.24) is 14.2 Å². The first-order valence-corrected chi connectivity index (χ1v) is 11.3. The summed E-state index contributed by atoms with van der Waals surface area (Å²) in [6.07, 6.45) is 4.85. The highest BCUT2D eigenvalue weighted by atomic mass is 32.2. The molecule has 0 bridgehead atoms. The highest BCUT2D eigenvalue weighted by molar-refractivity contribution is 7.89. The van der Waals surface area contributed by atoms with Crippen LogP contribution in [-0.2, 0) is 27.9 Å². The molecule has 1 aromatic carbocycles. The van der Waals surface area contributed by atoms with E-state index in [2.05, 4.69) is 16.8 Å². The number of carbonyl (C=O) groups excluding carboxylic acids is 1. The molecule has 2 aromatic heterocycles. The molecule has 1 atom stereocenters. The van der Waals surface area contributed by atoms with Crippen molar-refractivity contribution >= 4 is 26.8 Å². The van der Waals surface area contributed by atoms with E-state index < -0.39 is 10.0 Å². The molecule has 0 saturated carbocycles. The van der Waals surface area contributed by atoms with Crippen LogP contribution in [0.1, 0.15) is 25.5 Å². The van der Waals surface area contributed by atoms with Gasteiger partial charge in [0, 0.05) is 36.7 Å². The van der Waals surface area contributed by atoms with Gasteiger partial charge in [-0.15, -0.1) is 0 Å². The maximum Gasteiger partial charge on any atom is 0.243 e. The van der Waals surface area contributed by atoms with Crippen LogP contribution in [0.25, 0.3) is 10.9 Å². The van der Waals surface area contributed by atoms with Gasteiger partial charge in [0.05, 0.1) is 23.6 Å². The highest BCUT2D eigenvalue weighted by Gasteiger charge is 2.33. The third-order valence-electron chi connectivity index (χ3n) is 5.49. The zero-order chi connectivity index (χ0) is 20.4. The Kier molecular flexibility index (Phi) is 5.47. The number of amides is 1. The fraction of sp³-hybridized carbons (Fsp3) is 0.381. The molecule has 0 unspecified atom stereocenters. The second-order valence-electron chi connectivity index (χ2n) is 7.32. The van der Waals surface area contributed by atoms with Crippen molar-refractivity contribution < 1.29 is 17.6 Å². The number of hydrogen-bond acceptors (Lipinski definition) is 4. The molecular formula is C21H25N3O4S. The second kappa shape index (κ2) is 8.04. The molecule has 1 aliphatic heterocycles. The number of carbonyl (C=O) groups is 1. The van der Waals surface area contributed by atoms with E-state index in [0.29, 0.717) is 31.7 Å². The lowest BCUT2D eigenvalue weighted by atomic mass is 9.99. The van der Waals surface area contributed by atoms with Crippen LogP contribution < -0.4 is 5.32 Å². The first-order chi connectivity index (χ1) is 14.0. The largest absolute Gasteiger partial charge is 0.467 e. The molecule has 29 heavy (non-hydrogen) atoms. The first-order valence-electron chi connectivity index (χ1n) is 9.88. The molecule has 0 aliphatic carbocycles. The molecule has 3 heterocycles. The third kappa shape index (κ3) is 3.95. The van der Waals surface area contributed by atoms with E-state index in [-0.39, 0.29) is 23.3 Å². The molecule has 1 N–H and O–H groups in total. The van der Waals surface area contributed by atoms with Gasteiger partial charge < -0.3 is 14.3 Å². The van der Waals surface area contributed by atoms with Crippen molar-refractivity contribution in [3.05, 3.63) is 54.6 Å². The first kappa shape index (κ1) is 19.7. The lowest BCUT2D eigenvalue weighted by Gasteiger charge is -2.31. The summed E-state index contributed by atoms with van der Waals surface area (Å²) in [5.41, 5.74) is 1.01. The van der Waals surface area contributed by atoms with E-state index in [1.165, 1.54) is 4.31 Å². The smallest absolute Gasteiger partial charge is 0.243 e. The van der Waals surface area contributed by atoms with Gasteiger partial charge in [-0.25, -0.2) is 8.42 Å². The summed E-state index contributed by atoms with van der Waals surface area (Å²) in [7, 11) is -3.65. The van der Waals surface area contributed by atoms with Crippen molar-refractivity contribution in [2.24, 2.45) is 5.92 Å². The summed E-state index contributed by atoms with van der Waals surface area (Å²) in [5, 5.41) is 3.74. The minimum atomic E-state index is -3.65. The molecule has 1 amide bonds. The predicted molar refractivity (Wildman–Crippen MR) is 110 cm³/mol. The minimum Gasteiger partial charge on any atom is -0.467 e. The number of aryl methyl sites for hydroxylation is 1. The average Bonchev–Trinajstić information content (AvgIpc) is 3.41. The van der Waals surface area contributed by atoms with Crippen LogP contribution in [0.4, 0.5) is 0 Å². The normalized spacial score (nSPS) is 18.2. The van der Waals surface area contributed by atoms with Gasteiger partial charge in [0.2, 0.25) is 15.9 Å². The molecular weight excluding hydrogens is 390 g/mol. The van der Waals surface area contributed by atoms with Gasteiger partial charge >= 0.3 is 0 Å². The Balaban J connectivity index is 1.48. The van der Waals surface area contributed by atoms with Gasteiger partial charge in [-0.3, -0.25) is 4.79 Å². The van der Waals surface area contributed by atoms with Crippen molar-refractivity contribution in [3.63, 3.8) is 0 Å². The summed E-state index contributed by atoms with van der Waals surface area (Å²) < 4.78 is 35.1. The second-order valence-corrected chi connectivity index (χ2v) is 9.26. The van der Waals surface area contributed by atoms with Gasteiger partial charge in [-0.1, -0.05) is 0 Å². The van der Waals surface area contributed by atoms with Crippen molar-refractivity contribution in [1.29, 1.82) is 0 Å². The Hall–Kier alpha value is -2.58. The number of rotatable bonds is 6. The van der Waals surface area contributed by atoms with E-state index in [0.717, 1.165) is 17.4 Å². The summed E-state index contributed by atoms with van der Waals surface area (Å²) in [4.78, 5) is 12.8. The van der Waals surface area contributed by atoms with Gasteiger partial charge in [-0.2, -0.15) is 4.31 Å². The van der Waals surface area contributed by atoms with Gasteiger partial charge in [-0.05, 0) is 56.2 Å². The molecule has 3 aromatic rings. The zero-order valence-electron chi connectivity index (χ0n) is 16.4. The van der Waals surface area contributed by atoms with E-state index in [1.54, 1.807) is 30.5 Å². The molecule has 1 saturated heterocycles. The van der Waals surface area contributed by atoms with E-state index in [9.17, 15) is 13.2 Å². The number of nitrogens with zero attached hydrogens (tertiary/aromatic N) is 2. The number of hydrogen-bond donors (Lipinski definition) is 1. The number of nitrogens with one attached hydrogen (secondary N) is 1. The maximum absolute atomic E-state index is 13.2. The fourth-order valence-corrected chi connectivity index (χ4v) is 5.43. The molecule has 154 valence electrons. The Bertz CT molecular complexity index is 1100. The lowest BCUT2D eigenvalue weighted by molar-refractivity contribution is -0.126. The minimum absolute atomic E-state index is 0.142. The van der Waals surface area contributed by atoms with Crippen LogP contribution in [0.15, 0.2) is 58.2 Å². The topological polar surface area (TPSA) is 84.5 Å². The summed E-state index contributed by atoms with van der Waals surface area (Å²) in [5.74, 6) is 0.168. The predicted octanol–water partition coefficient (Wildman–Crippen LogP) is 2.97. The molecule has 0 spiro atoms. The van der Waals surface area contributed by atoms with E-state index >= 15 is 0 Å². The van der Waals surface area contributed by atoms with Crippen LogP contribution in [0, 0.1) is 5.92 Å². The van der Waals surface area contributed by atoms with Crippen molar-refractivity contribution in [2.45, 2.75) is 37.8 Å². The van der Waals surface area contributed by atoms with Crippen LogP contribution >= 0.6 is 0 Å². The van der Waals surface area contributed by atoms with E-state index in [4.69, 9.17) is 4.42 Å². The molecule has 4 rings (SSSR count). The fourth-order valence-electron chi connectivity index (χ4n) is 3.87. The summed E-state index contributed by atoms with van der Waals surface area (Å²) in [6.45, 7) is 3.81. The maximum atomic E-state index is 13.2. The zero-order valence-corrected chi connectivity index (χ0v) is 17.2.